The van der Waals surface area contributed by atoms with Crippen LogP contribution in [0.4, 0.5) is 11.6 Å². The molecule has 0 saturated carbocycles. The number of carbonyl (C=O) groups is 1. The molecule has 4 rings (SSSR count). The molecule has 4 heterocycles. The van der Waals surface area contributed by atoms with Crippen molar-refractivity contribution in [3.05, 3.63) is 12.4 Å². The van der Waals surface area contributed by atoms with Crippen molar-refractivity contribution in [2.24, 2.45) is 17.8 Å². The second-order valence-electron chi connectivity index (χ2n) is 9.00. The Hall–Kier alpha value is -1.89. The molecule has 0 bridgehead atoms. The molecule has 160 valence electrons. The second kappa shape index (κ2) is 9.28. The minimum absolute atomic E-state index is 0.169. The summed E-state index contributed by atoms with van der Waals surface area (Å²) in [7, 11) is 0. The number of hydrogen-bond acceptors (Lipinski definition) is 6. The van der Waals surface area contributed by atoms with Gasteiger partial charge < -0.3 is 19.4 Å². The van der Waals surface area contributed by atoms with Gasteiger partial charge in [0.05, 0.1) is 13.2 Å². The summed E-state index contributed by atoms with van der Waals surface area (Å²) >= 11 is 0. The third kappa shape index (κ3) is 4.82. The lowest BCUT2D eigenvalue weighted by molar-refractivity contribution is -0.137. The fraction of sp³-hybridized carbons (Fsp3) is 0.773. The van der Waals surface area contributed by atoms with E-state index in [0.29, 0.717) is 5.91 Å². The average Bonchev–Trinajstić information content (AvgIpc) is 2.79. The number of anilines is 2. The minimum Gasteiger partial charge on any atom is -0.378 e. The number of ether oxygens (including phenoxy) is 1. The fourth-order valence-electron chi connectivity index (χ4n) is 4.88. The molecule has 0 atom stereocenters. The van der Waals surface area contributed by atoms with E-state index in [0.717, 1.165) is 102 Å². The maximum atomic E-state index is 13.0. The minimum atomic E-state index is 0.169. The Balaban J connectivity index is 1.30. The molecule has 1 aromatic rings. The van der Waals surface area contributed by atoms with Crippen LogP contribution in [0, 0.1) is 17.8 Å². The number of nitrogens with zero attached hydrogens (tertiary/aromatic N) is 5. The second-order valence-corrected chi connectivity index (χ2v) is 9.00. The molecule has 3 saturated heterocycles. The molecular formula is C22H35N5O2. The topological polar surface area (TPSA) is 61.8 Å². The van der Waals surface area contributed by atoms with Crippen molar-refractivity contribution in [2.75, 3.05) is 62.3 Å². The van der Waals surface area contributed by atoms with Crippen LogP contribution in [0.1, 0.15) is 39.5 Å². The Morgan fingerprint density at radius 1 is 0.931 bits per heavy atom. The van der Waals surface area contributed by atoms with E-state index in [9.17, 15) is 4.79 Å². The van der Waals surface area contributed by atoms with E-state index in [4.69, 9.17) is 4.74 Å². The summed E-state index contributed by atoms with van der Waals surface area (Å²) < 4.78 is 5.44. The molecule has 3 aliphatic rings. The van der Waals surface area contributed by atoms with E-state index in [1.165, 1.54) is 0 Å². The molecule has 0 spiro atoms. The number of amides is 1. The Morgan fingerprint density at radius 3 is 2.10 bits per heavy atom. The van der Waals surface area contributed by atoms with E-state index >= 15 is 0 Å². The van der Waals surface area contributed by atoms with Gasteiger partial charge in [0.15, 0.2) is 0 Å². The van der Waals surface area contributed by atoms with Gasteiger partial charge in [0, 0.05) is 51.3 Å². The third-order valence-electron chi connectivity index (χ3n) is 6.94. The van der Waals surface area contributed by atoms with Crippen molar-refractivity contribution >= 4 is 17.5 Å². The SMILES string of the molecule is CC(C)C1CCN(C(=O)C2CCN(c3cc(N4CCOCC4)ncn3)CC2)CC1. The number of rotatable bonds is 4. The Kier molecular flexibility index (Phi) is 6.53. The van der Waals surface area contributed by atoms with Gasteiger partial charge in [0.1, 0.15) is 18.0 Å². The largest absolute Gasteiger partial charge is 0.378 e. The lowest BCUT2D eigenvalue weighted by Gasteiger charge is -2.38. The van der Waals surface area contributed by atoms with Gasteiger partial charge >= 0.3 is 0 Å². The van der Waals surface area contributed by atoms with Gasteiger partial charge in [0.25, 0.3) is 0 Å². The van der Waals surface area contributed by atoms with Gasteiger partial charge in [-0.05, 0) is 37.5 Å². The van der Waals surface area contributed by atoms with Crippen LogP contribution in [-0.2, 0) is 9.53 Å². The van der Waals surface area contributed by atoms with Gasteiger partial charge in [-0.1, -0.05) is 13.8 Å². The quantitative estimate of drug-likeness (QED) is 0.772. The number of aromatic nitrogens is 2. The predicted octanol–water partition coefficient (Wildman–Crippen LogP) is 2.42. The zero-order valence-electron chi connectivity index (χ0n) is 17.9. The van der Waals surface area contributed by atoms with Gasteiger partial charge in [-0.3, -0.25) is 4.79 Å². The van der Waals surface area contributed by atoms with Crippen LogP contribution in [0.3, 0.4) is 0 Å². The first-order chi connectivity index (χ1) is 14.1. The van der Waals surface area contributed by atoms with Crippen LogP contribution in [0.25, 0.3) is 0 Å². The Bertz CT molecular complexity index is 676. The highest BCUT2D eigenvalue weighted by atomic mass is 16.5. The molecule has 1 amide bonds. The number of carbonyl (C=O) groups excluding carboxylic acids is 1. The van der Waals surface area contributed by atoms with E-state index < -0.39 is 0 Å². The number of morpholine rings is 1. The van der Waals surface area contributed by atoms with Crippen molar-refractivity contribution in [3.8, 4) is 0 Å². The van der Waals surface area contributed by atoms with E-state index in [1.807, 2.05) is 0 Å². The average molecular weight is 402 g/mol. The zero-order chi connectivity index (χ0) is 20.2. The smallest absolute Gasteiger partial charge is 0.225 e. The van der Waals surface area contributed by atoms with Crippen molar-refractivity contribution in [2.45, 2.75) is 39.5 Å². The summed E-state index contributed by atoms with van der Waals surface area (Å²) in [6, 6.07) is 2.09. The molecule has 1 aromatic heterocycles. The lowest BCUT2D eigenvalue weighted by Crippen LogP contribution is -2.46. The summed E-state index contributed by atoms with van der Waals surface area (Å²) in [6.07, 6.45) is 5.82. The summed E-state index contributed by atoms with van der Waals surface area (Å²) in [4.78, 5) is 28.6. The van der Waals surface area contributed by atoms with Crippen LogP contribution in [0.5, 0.6) is 0 Å². The third-order valence-corrected chi connectivity index (χ3v) is 6.94. The van der Waals surface area contributed by atoms with Gasteiger partial charge in [-0.2, -0.15) is 0 Å². The van der Waals surface area contributed by atoms with Crippen molar-refractivity contribution in [1.82, 2.24) is 14.9 Å². The van der Waals surface area contributed by atoms with Crippen molar-refractivity contribution in [1.29, 1.82) is 0 Å². The van der Waals surface area contributed by atoms with Gasteiger partial charge in [-0.25, -0.2) is 9.97 Å². The highest BCUT2D eigenvalue weighted by Gasteiger charge is 2.32. The highest BCUT2D eigenvalue weighted by molar-refractivity contribution is 5.79. The molecule has 0 aromatic carbocycles. The first-order valence-corrected chi connectivity index (χ1v) is 11.3. The monoisotopic (exact) mass is 401 g/mol. The van der Waals surface area contributed by atoms with Crippen molar-refractivity contribution < 1.29 is 9.53 Å². The summed E-state index contributed by atoms with van der Waals surface area (Å²) in [5.41, 5.74) is 0. The first-order valence-electron chi connectivity index (χ1n) is 11.3. The van der Waals surface area contributed by atoms with E-state index in [-0.39, 0.29) is 5.92 Å². The van der Waals surface area contributed by atoms with Gasteiger partial charge in [0.2, 0.25) is 5.91 Å². The number of hydrogen-bond donors (Lipinski definition) is 0. The molecule has 3 aliphatic heterocycles. The first kappa shape index (κ1) is 20.4. The molecule has 7 heteroatoms. The Morgan fingerprint density at radius 2 is 1.52 bits per heavy atom. The molecule has 3 fully saturated rings. The highest BCUT2D eigenvalue weighted by Crippen LogP contribution is 2.29. The predicted molar refractivity (Wildman–Crippen MR) is 114 cm³/mol. The maximum absolute atomic E-state index is 13.0. The zero-order valence-corrected chi connectivity index (χ0v) is 17.9. The fourth-order valence-corrected chi connectivity index (χ4v) is 4.88. The van der Waals surface area contributed by atoms with Crippen LogP contribution < -0.4 is 9.80 Å². The molecule has 29 heavy (non-hydrogen) atoms. The molecular weight excluding hydrogens is 366 g/mol. The van der Waals surface area contributed by atoms with Crippen LogP contribution >= 0.6 is 0 Å². The molecule has 0 unspecified atom stereocenters. The normalized spacial score (nSPS) is 22.4. The Labute approximate surface area is 174 Å². The van der Waals surface area contributed by atoms with Crippen LogP contribution in [-0.4, -0.2) is 73.3 Å². The standard InChI is InChI=1S/C22H35N5O2/c1-17(2)18-3-9-27(10-4-18)22(28)19-5-7-25(8-6-19)20-15-21(24-16-23-20)26-11-13-29-14-12-26/h15-19H,3-14H2,1-2H3. The summed E-state index contributed by atoms with van der Waals surface area (Å²) in [6.45, 7) is 11.5. The molecule has 7 nitrogen and oxygen atoms in total. The number of piperidine rings is 2. The molecule has 0 radical (unpaired) electrons. The van der Waals surface area contributed by atoms with E-state index in [2.05, 4.69) is 44.6 Å². The van der Waals surface area contributed by atoms with Gasteiger partial charge in [-0.15, -0.1) is 0 Å². The van der Waals surface area contributed by atoms with Crippen LogP contribution in [0.2, 0.25) is 0 Å². The summed E-state index contributed by atoms with van der Waals surface area (Å²) in [5, 5.41) is 0. The van der Waals surface area contributed by atoms with E-state index in [1.54, 1.807) is 6.33 Å². The van der Waals surface area contributed by atoms with Crippen molar-refractivity contribution in [3.63, 3.8) is 0 Å². The van der Waals surface area contributed by atoms with Crippen LogP contribution in [0.15, 0.2) is 12.4 Å². The molecule has 0 N–H and O–H groups in total. The number of likely N-dealkylation sites (tertiary alicyclic amines) is 1. The maximum Gasteiger partial charge on any atom is 0.225 e. The lowest BCUT2D eigenvalue weighted by atomic mass is 9.86. The summed E-state index contributed by atoms with van der Waals surface area (Å²) in [5.74, 6) is 4.01. The molecule has 0 aliphatic carbocycles.